The molecule has 1 saturated carbocycles. The third kappa shape index (κ3) is 6.24. The van der Waals surface area contributed by atoms with Crippen LogP contribution in [-0.2, 0) is 6.42 Å². The summed E-state index contributed by atoms with van der Waals surface area (Å²) in [5.74, 6) is -1.08. The van der Waals surface area contributed by atoms with Crippen LogP contribution in [0.1, 0.15) is 68.9 Å². The monoisotopic (exact) mass is 496 g/mol. The zero-order valence-electron chi connectivity index (χ0n) is 21.2. The van der Waals surface area contributed by atoms with Gasteiger partial charge in [0.15, 0.2) is 23.2 Å². The molecule has 0 heterocycles. The van der Waals surface area contributed by atoms with Gasteiger partial charge in [0, 0.05) is 11.6 Å². The molecule has 36 heavy (non-hydrogen) atoms. The van der Waals surface area contributed by atoms with Crippen LogP contribution < -0.4 is 9.47 Å². The van der Waals surface area contributed by atoms with Gasteiger partial charge in [0.2, 0.25) is 0 Å². The Morgan fingerprint density at radius 3 is 2.25 bits per heavy atom. The predicted octanol–water partition coefficient (Wildman–Crippen LogP) is 8.87. The van der Waals surface area contributed by atoms with Gasteiger partial charge in [-0.3, -0.25) is 0 Å². The minimum Gasteiger partial charge on any atom is -0.497 e. The molecule has 0 aliphatic heterocycles. The third-order valence-corrected chi connectivity index (χ3v) is 7.35. The molecule has 4 rings (SSSR count). The summed E-state index contributed by atoms with van der Waals surface area (Å²) in [5, 5.41) is 0. The highest BCUT2D eigenvalue weighted by Crippen LogP contribution is 2.39. The van der Waals surface area contributed by atoms with Crippen molar-refractivity contribution < 1.29 is 22.6 Å². The fraction of sp³-hybridized carbons (Fsp3) is 0.419. The minimum atomic E-state index is -0.772. The molecule has 192 valence electrons. The van der Waals surface area contributed by atoms with Crippen LogP contribution in [0.2, 0.25) is 0 Å². The Balaban J connectivity index is 1.35. The Morgan fingerprint density at radius 2 is 1.58 bits per heavy atom. The second-order valence-corrected chi connectivity index (χ2v) is 9.81. The first-order valence-corrected chi connectivity index (χ1v) is 13.0. The highest BCUT2D eigenvalue weighted by molar-refractivity contribution is 5.65. The molecule has 0 spiro atoms. The molecular formula is C31H35F3O2. The fourth-order valence-electron chi connectivity index (χ4n) is 5.11. The van der Waals surface area contributed by atoms with E-state index in [2.05, 4.69) is 6.92 Å². The lowest BCUT2D eigenvalue weighted by molar-refractivity contribution is 0.193. The molecule has 1 fully saturated rings. The summed E-state index contributed by atoms with van der Waals surface area (Å²) < 4.78 is 55.1. The molecular weight excluding hydrogens is 461 g/mol. The summed E-state index contributed by atoms with van der Waals surface area (Å²) in [5.41, 5.74) is 2.68. The van der Waals surface area contributed by atoms with E-state index in [1.165, 1.54) is 31.6 Å². The fourth-order valence-corrected chi connectivity index (χ4v) is 5.11. The van der Waals surface area contributed by atoms with Crippen LogP contribution in [0.3, 0.4) is 0 Å². The van der Waals surface area contributed by atoms with Crippen LogP contribution in [-0.4, -0.2) is 13.7 Å². The van der Waals surface area contributed by atoms with Gasteiger partial charge in [-0.2, -0.15) is 0 Å². The van der Waals surface area contributed by atoms with Crippen LogP contribution in [0.5, 0.6) is 11.5 Å². The van der Waals surface area contributed by atoms with Gasteiger partial charge in [-0.1, -0.05) is 56.2 Å². The first kappa shape index (κ1) is 26.1. The Morgan fingerprint density at radius 1 is 0.833 bits per heavy atom. The Hall–Kier alpha value is -2.95. The number of unbranched alkanes of at least 4 members (excludes halogenated alkanes) is 2. The number of ether oxygens (including phenoxy) is 2. The van der Waals surface area contributed by atoms with Crippen molar-refractivity contribution >= 4 is 0 Å². The molecule has 2 nitrogen and oxygen atoms in total. The van der Waals surface area contributed by atoms with E-state index in [1.807, 2.05) is 24.3 Å². The molecule has 0 unspecified atom stereocenters. The van der Waals surface area contributed by atoms with Crippen LogP contribution >= 0.6 is 0 Å². The zero-order valence-corrected chi connectivity index (χ0v) is 21.2. The maximum absolute atomic E-state index is 15.1. The molecule has 5 heteroatoms. The van der Waals surface area contributed by atoms with E-state index in [0.29, 0.717) is 29.0 Å². The van der Waals surface area contributed by atoms with Gasteiger partial charge >= 0.3 is 0 Å². The topological polar surface area (TPSA) is 18.5 Å². The van der Waals surface area contributed by atoms with E-state index in [-0.39, 0.29) is 17.6 Å². The number of aryl methyl sites for hydroxylation is 1. The second-order valence-electron chi connectivity index (χ2n) is 9.81. The molecule has 0 atom stereocenters. The second kappa shape index (κ2) is 12.3. The van der Waals surface area contributed by atoms with Gasteiger partial charge in [-0.25, -0.2) is 13.2 Å². The molecule has 1 aliphatic carbocycles. The molecule has 1 aliphatic rings. The molecule has 0 aromatic heterocycles. The SMILES string of the molecule is CCCCCc1ccc(-c2ccc(C3CCC(COc4ccc(OC)cc4F)CC3)c(F)c2F)cc1. The van der Waals surface area contributed by atoms with Crippen molar-refractivity contribution in [2.75, 3.05) is 13.7 Å². The summed E-state index contributed by atoms with van der Waals surface area (Å²) in [6, 6.07) is 15.8. The quantitative estimate of drug-likeness (QED) is 0.261. The number of hydrogen-bond donors (Lipinski definition) is 0. The molecule has 0 amide bonds. The molecule has 3 aromatic carbocycles. The number of methoxy groups -OCH3 is 1. The number of hydrogen-bond acceptors (Lipinski definition) is 2. The Labute approximate surface area is 212 Å². The maximum Gasteiger partial charge on any atom is 0.168 e. The van der Waals surface area contributed by atoms with Crippen LogP contribution in [0.4, 0.5) is 13.2 Å². The predicted molar refractivity (Wildman–Crippen MR) is 138 cm³/mol. The molecule has 3 aromatic rings. The van der Waals surface area contributed by atoms with Crippen LogP contribution in [0, 0.1) is 23.4 Å². The van der Waals surface area contributed by atoms with Crippen LogP contribution in [0.25, 0.3) is 11.1 Å². The maximum atomic E-state index is 15.1. The summed E-state index contributed by atoms with van der Waals surface area (Å²) in [6.07, 6.45) is 7.66. The van der Waals surface area contributed by atoms with E-state index in [4.69, 9.17) is 9.47 Å². The van der Waals surface area contributed by atoms with E-state index >= 15 is 8.78 Å². The van der Waals surface area contributed by atoms with Crippen molar-refractivity contribution in [1.29, 1.82) is 0 Å². The first-order chi connectivity index (χ1) is 17.5. The normalized spacial score (nSPS) is 17.7. The van der Waals surface area contributed by atoms with Crippen molar-refractivity contribution in [3.05, 3.63) is 83.2 Å². The van der Waals surface area contributed by atoms with Crippen molar-refractivity contribution in [2.24, 2.45) is 5.92 Å². The molecule has 0 bridgehead atoms. The highest BCUT2D eigenvalue weighted by Gasteiger charge is 2.27. The Kier molecular flexibility index (Phi) is 8.95. The van der Waals surface area contributed by atoms with E-state index < -0.39 is 17.5 Å². The van der Waals surface area contributed by atoms with E-state index in [0.717, 1.165) is 38.5 Å². The molecule has 0 saturated heterocycles. The largest absolute Gasteiger partial charge is 0.497 e. The average molecular weight is 497 g/mol. The highest BCUT2D eigenvalue weighted by atomic mass is 19.2. The smallest absolute Gasteiger partial charge is 0.168 e. The third-order valence-electron chi connectivity index (χ3n) is 7.35. The van der Waals surface area contributed by atoms with E-state index in [1.54, 1.807) is 24.3 Å². The standard InChI is InChI=1S/C31H35F3O2/c1-3-4-5-6-21-7-11-23(12-8-21)26-16-17-27(31(34)30(26)33)24-13-9-22(10-14-24)20-36-29-18-15-25(35-2)19-28(29)32/h7-8,11-12,15-19,22,24H,3-6,9-10,13-14,20H2,1-2H3. The minimum absolute atomic E-state index is 0.0246. The van der Waals surface area contributed by atoms with Crippen molar-refractivity contribution in [3.63, 3.8) is 0 Å². The lowest BCUT2D eigenvalue weighted by Gasteiger charge is -2.29. The van der Waals surface area contributed by atoms with Crippen molar-refractivity contribution in [1.82, 2.24) is 0 Å². The lowest BCUT2D eigenvalue weighted by Crippen LogP contribution is -2.20. The summed E-state index contributed by atoms with van der Waals surface area (Å²) >= 11 is 0. The van der Waals surface area contributed by atoms with Gasteiger partial charge in [0.05, 0.1) is 13.7 Å². The summed E-state index contributed by atoms with van der Waals surface area (Å²) in [7, 11) is 1.49. The van der Waals surface area contributed by atoms with Gasteiger partial charge in [0.1, 0.15) is 5.75 Å². The molecule has 0 radical (unpaired) electrons. The van der Waals surface area contributed by atoms with Gasteiger partial charge in [0.25, 0.3) is 0 Å². The summed E-state index contributed by atoms with van der Waals surface area (Å²) in [6.45, 7) is 2.58. The number of benzene rings is 3. The lowest BCUT2D eigenvalue weighted by atomic mass is 9.78. The summed E-state index contributed by atoms with van der Waals surface area (Å²) in [4.78, 5) is 0. The number of halogens is 3. The average Bonchev–Trinajstić information content (AvgIpc) is 2.90. The van der Waals surface area contributed by atoms with E-state index in [9.17, 15) is 4.39 Å². The van der Waals surface area contributed by atoms with Gasteiger partial charge in [-0.15, -0.1) is 0 Å². The molecule has 0 N–H and O–H groups in total. The zero-order chi connectivity index (χ0) is 25.5. The van der Waals surface area contributed by atoms with Crippen LogP contribution in [0.15, 0.2) is 54.6 Å². The van der Waals surface area contributed by atoms with Gasteiger partial charge in [-0.05, 0) is 79.2 Å². The number of rotatable bonds is 10. The Bertz CT molecular complexity index is 1140. The van der Waals surface area contributed by atoms with Crippen molar-refractivity contribution in [2.45, 2.75) is 64.2 Å². The van der Waals surface area contributed by atoms with Crippen molar-refractivity contribution in [3.8, 4) is 22.6 Å². The van der Waals surface area contributed by atoms with Gasteiger partial charge < -0.3 is 9.47 Å². The first-order valence-electron chi connectivity index (χ1n) is 13.0.